The third-order valence-electron chi connectivity index (χ3n) is 1.71. The summed E-state index contributed by atoms with van der Waals surface area (Å²) in [5, 5.41) is 0.978. The number of nitrogen functional groups attached to an aromatic ring is 1. The molecule has 0 bridgehead atoms. The third kappa shape index (κ3) is 4.18. The van der Waals surface area contributed by atoms with Crippen molar-refractivity contribution in [2.75, 3.05) is 5.73 Å². The minimum Gasteiger partial charge on any atom is -0.397 e. The number of hydrogen-bond donors (Lipinski definition) is 3. The van der Waals surface area contributed by atoms with E-state index in [-0.39, 0.29) is 11.2 Å². The van der Waals surface area contributed by atoms with Crippen LogP contribution >= 0.6 is 11.8 Å². The minimum absolute atomic E-state index is 0.129. The number of pyridine rings is 1. The van der Waals surface area contributed by atoms with E-state index in [0.29, 0.717) is 12.1 Å². The minimum atomic E-state index is -0.176. The first-order chi connectivity index (χ1) is 7.11. The number of amides is 1. The van der Waals surface area contributed by atoms with Gasteiger partial charge in [0.2, 0.25) is 5.91 Å². The van der Waals surface area contributed by atoms with Crippen molar-refractivity contribution in [3.05, 3.63) is 18.3 Å². The molecule has 5 nitrogen and oxygen atoms in total. The van der Waals surface area contributed by atoms with E-state index < -0.39 is 0 Å². The SMILES string of the molecule is CC(CC(=O)NN)Sc1ccc(N)cn1. The summed E-state index contributed by atoms with van der Waals surface area (Å²) in [6.07, 6.45) is 1.96. The van der Waals surface area contributed by atoms with Crippen LogP contribution in [0.3, 0.4) is 0 Å². The predicted molar refractivity (Wildman–Crippen MR) is 60.9 cm³/mol. The highest BCUT2D eigenvalue weighted by Crippen LogP contribution is 2.23. The summed E-state index contributed by atoms with van der Waals surface area (Å²) in [5.41, 5.74) is 8.24. The average Bonchev–Trinajstić information content (AvgIpc) is 2.21. The number of carbonyl (C=O) groups excluding carboxylic acids is 1. The number of nitrogens with two attached hydrogens (primary N) is 2. The molecule has 1 atom stereocenters. The van der Waals surface area contributed by atoms with Gasteiger partial charge in [0.05, 0.1) is 16.9 Å². The molecule has 1 rings (SSSR count). The Kier molecular flexibility index (Phi) is 4.38. The highest BCUT2D eigenvalue weighted by molar-refractivity contribution is 7.99. The van der Waals surface area contributed by atoms with Gasteiger partial charge in [-0.25, -0.2) is 10.8 Å². The number of aromatic nitrogens is 1. The summed E-state index contributed by atoms with van der Waals surface area (Å²) in [4.78, 5) is 15.1. The fourth-order valence-electron chi connectivity index (χ4n) is 1.03. The van der Waals surface area contributed by atoms with E-state index in [0.717, 1.165) is 5.03 Å². The zero-order chi connectivity index (χ0) is 11.3. The Morgan fingerprint density at radius 1 is 1.67 bits per heavy atom. The van der Waals surface area contributed by atoms with Crippen molar-refractivity contribution in [1.29, 1.82) is 0 Å². The number of hydrazine groups is 1. The third-order valence-corrected chi connectivity index (χ3v) is 2.77. The lowest BCUT2D eigenvalue weighted by Gasteiger charge is -2.08. The molecule has 82 valence electrons. The molecule has 1 heterocycles. The lowest BCUT2D eigenvalue weighted by Crippen LogP contribution is -2.31. The summed E-state index contributed by atoms with van der Waals surface area (Å²) in [6, 6.07) is 3.61. The van der Waals surface area contributed by atoms with Gasteiger partial charge < -0.3 is 5.73 Å². The van der Waals surface area contributed by atoms with E-state index in [1.807, 2.05) is 13.0 Å². The van der Waals surface area contributed by atoms with E-state index in [9.17, 15) is 4.79 Å². The number of hydrogen-bond acceptors (Lipinski definition) is 5. The maximum Gasteiger partial charge on any atom is 0.234 e. The van der Waals surface area contributed by atoms with E-state index >= 15 is 0 Å². The van der Waals surface area contributed by atoms with Crippen LogP contribution in [-0.2, 0) is 4.79 Å². The summed E-state index contributed by atoms with van der Waals surface area (Å²) in [6.45, 7) is 1.94. The summed E-state index contributed by atoms with van der Waals surface area (Å²) in [5.74, 6) is 4.82. The molecule has 1 amide bonds. The van der Waals surface area contributed by atoms with Crippen molar-refractivity contribution in [2.24, 2.45) is 5.84 Å². The van der Waals surface area contributed by atoms with Crippen molar-refractivity contribution in [1.82, 2.24) is 10.4 Å². The molecule has 0 fully saturated rings. The van der Waals surface area contributed by atoms with Gasteiger partial charge in [0.1, 0.15) is 0 Å². The molecule has 0 saturated heterocycles. The van der Waals surface area contributed by atoms with Crippen molar-refractivity contribution < 1.29 is 4.79 Å². The molecular weight excluding hydrogens is 212 g/mol. The molecule has 0 spiro atoms. The smallest absolute Gasteiger partial charge is 0.234 e. The second-order valence-electron chi connectivity index (χ2n) is 3.13. The molecule has 1 aromatic heterocycles. The summed E-state index contributed by atoms with van der Waals surface area (Å²) < 4.78 is 0. The van der Waals surface area contributed by atoms with Gasteiger partial charge in [0.15, 0.2) is 0 Å². The Morgan fingerprint density at radius 2 is 2.40 bits per heavy atom. The van der Waals surface area contributed by atoms with Gasteiger partial charge in [-0.3, -0.25) is 10.2 Å². The van der Waals surface area contributed by atoms with E-state index in [2.05, 4.69) is 10.4 Å². The number of carbonyl (C=O) groups is 1. The molecule has 1 aromatic rings. The fraction of sp³-hybridized carbons (Fsp3) is 0.333. The number of thioether (sulfide) groups is 1. The van der Waals surface area contributed by atoms with Crippen LogP contribution in [-0.4, -0.2) is 16.1 Å². The van der Waals surface area contributed by atoms with E-state index in [4.69, 9.17) is 11.6 Å². The van der Waals surface area contributed by atoms with Crippen molar-refractivity contribution in [2.45, 2.75) is 23.6 Å². The lowest BCUT2D eigenvalue weighted by molar-refractivity contribution is -0.121. The first-order valence-electron chi connectivity index (χ1n) is 4.49. The van der Waals surface area contributed by atoms with Crippen LogP contribution < -0.4 is 17.0 Å². The molecular formula is C9H14N4OS. The molecule has 6 heteroatoms. The standard InChI is InChI=1S/C9H14N4OS/c1-6(4-8(14)13-11)15-9-3-2-7(10)5-12-9/h2-3,5-6H,4,10-11H2,1H3,(H,13,14). The van der Waals surface area contributed by atoms with Crippen molar-refractivity contribution in [3.63, 3.8) is 0 Å². The van der Waals surface area contributed by atoms with Gasteiger partial charge in [-0.05, 0) is 12.1 Å². The van der Waals surface area contributed by atoms with E-state index in [1.165, 1.54) is 11.8 Å². The largest absolute Gasteiger partial charge is 0.397 e. The molecule has 1 unspecified atom stereocenters. The van der Waals surface area contributed by atoms with Crippen LogP contribution in [0.15, 0.2) is 23.4 Å². The van der Waals surface area contributed by atoms with Crippen molar-refractivity contribution >= 4 is 23.4 Å². The number of rotatable bonds is 4. The Morgan fingerprint density at radius 3 is 2.93 bits per heavy atom. The molecule has 5 N–H and O–H groups in total. The van der Waals surface area contributed by atoms with Crippen LogP contribution in [0.4, 0.5) is 5.69 Å². The maximum absolute atomic E-state index is 11.0. The lowest BCUT2D eigenvalue weighted by atomic mass is 10.3. The maximum atomic E-state index is 11.0. The fourth-order valence-corrected chi connectivity index (χ4v) is 1.94. The van der Waals surface area contributed by atoms with E-state index in [1.54, 1.807) is 12.3 Å². The molecule has 0 aliphatic carbocycles. The van der Waals surface area contributed by atoms with Crippen LogP contribution in [0.25, 0.3) is 0 Å². The average molecular weight is 226 g/mol. The predicted octanol–water partition coefficient (Wildman–Crippen LogP) is 0.524. The zero-order valence-corrected chi connectivity index (χ0v) is 9.25. The molecule has 15 heavy (non-hydrogen) atoms. The second-order valence-corrected chi connectivity index (χ2v) is 4.59. The van der Waals surface area contributed by atoms with Crippen LogP contribution in [0.1, 0.15) is 13.3 Å². The molecule has 0 aromatic carbocycles. The van der Waals surface area contributed by atoms with Gasteiger partial charge >= 0.3 is 0 Å². The van der Waals surface area contributed by atoms with Crippen LogP contribution in [0.2, 0.25) is 0 Å². The Hall–Kier alpha value is -1.27. The number of anilines is 1. The zero-order valence-electron chi connectivity index (χ0n) is 8.43. The van der Waals surface area contributed by atoms with Gasteiger partial charge in [-0.15, -0.1) is 11.8 Å². The molecule has 0 saturated carbocycles. The van der Waals surface area contributed by atoms with Crippen LogP contribution in [0.5, 0.6) is 0 Å². The normalized spacial score (nSPS) is 12.1. The van der Waals surface area contributed by atoms with Gasteiger partial charge in [-0.2, -0.15) is 0 Å². The summed E-state index contributed by atoms with van der Waals surface area (Å²) in [7, 11) is 0. The Bertz CT molecular complexity index is 327. The molecule has 0 aliphatic rings. The number of nitrogens with zero attached hydrogens (tertiary/aromatic N) is 1. The van der Waals surface area contributed by atoms with Crippen molar-refractivity contribution in [3.8, 4) is 0 Å². The Balaban J connectivity index is 2.47. The summed E-state index contributed by atoms with van der Waals surface area (Å²) >= 11 is 1.51. The topological polar surface area (TPSA) is 94.0 Å². The Labute approximate surface area is 92.6 Å². The van der Waals surface area contributed by atoms with Gasteiger partial charge in [-0.1, -0.05) is 6.92 Å². The first-order valence-corrected chi connectivity index (χ1v) is 5.37. The monoisotopic (exact) mass is 226 g/mol. The van der Waals surface area contributed by atoms with Gasteiger partial charge in [0, 0.05) is 11.7 Å². The van der Waals surface area contributed by atoms with Gasteiger partial charge in [0.25, 0.3) is 0 Å². The highest BCUT2D eigenvalue weighted by Gasteiger charge is 2.09. The first kappa shape index (κ1) is 11.8. The quantitative estimate of drug-likeness (QED) is 0.301. The molecule has 0 aliphatic heterocycles. The number of nitrogens with one attached hydrogen (secondary N) is 1. The highest BCUT2D eigenvalue weighted by atomic mass is 32.2. The second kappa shape index (κ2) is 5.57. The van der Waals surface area contributed by atoms with Crippen LogP contribution in [0, 0.1) is 0 Å². The molecule has 0 radical (unpaired) electrons.